The van der Waals surface area contributed by atoms with E-state index in [0.29, 0.717) is 29.7 Å². The number of hydrogen-bond acceptors (Lipinski definition) is 6. The van der Waals surface area contributed by atoms with Crippen LogP contribution in [0.15, 0.2) is 24.3 Å². The molecule has 1 atom stereocenters. The minimum absolute atomic E-state index is 0.0643. The van der Waals surface area contributed by atoms with Gasteiger partial charge in [-0.3, -0.25) is 4.79 Å². The van der Waals surface area contributed by atoms with Gasteiger partial charge in [0, 0.05) is 17.5 Å². The fourth-order valence-electron chi connectivity index (χ4n) is 6.23. The van der Waals surface area contributed by atoms with Crippen molar-refractivity contribution in [2.24, 2.45) is 0 Å². The molecule has 43 heavy (non-hydrogen) atoms. The number of phenolic OH excluding ortho intramolecular Hbond substituents is 2. The second-order valence-electron chi connectivity index (χ2n) is 12.2. The van der Waals surface area contributed by atoms with Crippen molar-refractivity contribution in [3.05, 3.63) is 35.4 Å². The molecule has 0 saturated heterocycles. The smallest absolute Gasteiger partial charge is 0.306 e. The first-order valence-corrected chi connectivity index (χ1v) is 17.0. The molecule has 0 aliphatic heterocycles. The van der Waals surface area contributed by atoms with Crippen LogP contribution in [0.3, 0.4) is 0 Å². The van der Waals surface area contributed by atoms with Crippen LogP contribution in [0.5, 0.6) is 23.0 Å². The third-order valence-corrected chi connectivity index (χ3v) is 8.81. The topological polar surface area (TPSA) is 85.2 Å². The van der Waals surface area contributed by atoms with Gasteiger partial charge in [0.2, 0.25) is 5.75 Å². The van der Waals surface area contributed by atoms with Crippen molar-refractivity contribution in [3.63, 3.8) is 0 Å². The molecule has 3 rings (SSSR count). The largest absolute Gasteiger partial charge is 0.507 e. The van der Waals surface area contributed by atoms with E-state index >= 15 is 0 Å². The van der Waals surface area contributed by atoms with Crippen molar-refractivity contribution >= 4 is 5.97 Å². The van der Waals surface area contributed by atoms with Crippen molar-refractivity contribution in [2.45, 2.75) is 141 Å². The van der Waals surface area contributed by atoms with Gasteiger partial charge in [-0.05, 0) is 74.3 Å². The lowest BCUT2D eigenvalue weighted by atomic mass is 9.95. The third kappa shape index (κ3) is 11.3. The Morgan fingerprint density at radius 1 is 0.744 bits per heavy atom. The van der Waals surface area contributed by atoms with Gasteiger partial charge in [0.25, 0.3) is 0 Å². The predicted octanol–water partition coefficient (Wildman–Crippen LogP) is 9.83. The molecule has 0 aromatic heterocycles. The number of hydrogen-bond donors (Lipinski definition) is 2. The SMILES string of the molecule is CCCCCCCCCCCCCCCC(=O)O[C@@H]1CCCCc2cc(c(OC)c(OC)c2O)-c2cc(ccc2O)CC1. The molecule has 1 aliphatic carbocycles. The van der Waals surface area contributed by atoms with Crippen molar-refractivity contribution in [1.82, 2.24) is 0 Å². The number of ether oxygens (including phenoxy) is 3. The fraction of sp³-hybridized carbons (Fsp3) is 0.649. The lowest BCUT2D eigenvalue weighted by molar-refractivity contribution is -0.149. The van der Waals surface area contributed by atoms with Crippen molar-refractivity contribution in [3.8, 4) is 34.1 Å². The normalized spacial score (nSPS) is 15.2. The number of rotatable bonds is 17. The molecule has 0 spiro atoms. The molecule has 6 nitrogen and oxygen atoms in total. The van der Waals surface area contributed by atoms with Crippen LogP contribution < -0.4 is 9.47 Å². The van der Waals surface area contributed by atoms with Crippen molar-refractivity contribution in [1.29, 1.82) is 0 Å². The number of benzene rings is 2. The van der Waals surface area contributed by atoms with E-state index in [9.17, 15) is 15.0 Å². The van der Waals surface area contributed by atoms with Crippen molar-refractivity contribution in [2.75, 3.05) is 14.2 Å². The number of aromatic hydroxyl groups is 2. The number of esters is 1. The highest BCUT2D eigenvalue weighted by Gasteiger charge is 2.23. The molecule has 0 fully saturated rings. The average Bonchev–Trinajstić information content (AvgIpc) is 3.01. The van der Waals surface area contributed by atoms with Crippen LogP contribution in [0.25, 0.3) is 11.1 Å². The number of fused-ring (bicyclic) bond motifs is 5. The van der Waals surface area contributed by atoms with E-state index in [0.717, 1.165) is 56.1 Å². The molecule has 0 saturated carbocycles. The standard InChI is InChI=1S/C37H56O6/c1-4-5-6-7-8-9-10-11-12-13-14-15-16-21-34(39)43-30-20-18-17-19-29-27-32(36(41-2)37(42-3)35(29)40)31-26-28(22-24-30)23-25-33(31)38/h23,25-27,30,38,40H,4-22,24H2,1-3H3/t30-/m1/s1. The third-order valence-electron chi connectivity index (χ3n) is 8.81. The summed E-state index contributed by atoms with van der Waals surface area (Å²) < 4.78 is 17.1. The number of carbonyl (C=O) groups is 1. The molecule has 4 bridgehead atoms. The van der Waals surface area contributed by atoms with E-state index in [1.807, 2.05) is 18.2 Å². The molecule has 6 heteroatoms. The van der Waals surface area contributed by atoms with E-state index in [1.54, 1.807) is 6.07 Å². The molecule has 1 aliphatic rings. The first kappa shape index (κ1) is 34.6. The minimum atomic E-state index is -0.145. The van der Waals surface area contributed by atoms with Gasteiger partial charge in [-0.1, -0.05) is 90.0 Å². The van der Waals surface area contributed by atoms with Crippen LogP contribution in [0.1, 0.15) is 134 Å². The van der Waals surface area contributed by atoms with Crippen LogP contribution in [0.4, 0.5) is 0 Å². The van der Waals surface area contributed by atoms with E-state index in [-0.39, 0.29) is 29.3 Å². The first-order valence-electron chi connectivity index (χ1n) is 17.0. The predicted molar refractivity (Wildman–Crippen MR) is 174 cm³/mol. The summed E-state index contributed by atoms with van der Waals surface area (Å²) in [6, 6.07) is 7.45. The second-order valence-corrected chi connectivity index (χ2v) is 12.2. The summed E-state index contributed by atoms with van der Waals surface area (Å²) in [7, 11) is 3.04. The lowest BCUT2D eigenvalue weighted by Crippen LogP contribution is -2.19. The number of unbranched alkanes of at least 4 members (excludes halogenated alkanes) is 12. The van der Waals surface area contributed by atoms with E-state index < -0.39 is 0 Å². The Balaban J connectivity index is 1.48. The average molecular weight is 597 g/mol. The van der Waals surface area contributed by atoms with Gasteiger partial charge in [-0.2, -0.15) is 0 Å². The maximum Gasteiger partial charge on any atom is 0.306 e. The molecular formula is C37H56O6. The summed E-state index contributed by atoms with van der Waals surface area (Å²) in [5, 5.41) is 21.7. The van der Waals surface area contributed by atoms with Crippen LogP contribution in [0.2, 0.25) is 0 Å². The fourth-order valence-corrected chi connectivity index (χ4v) is 6.23. The number of carbonyl (C=O) groups excluding carboxylic acids is 1. The Bertz CT molecular complexity index is 1110. The number of methoxy groups -OCH3 is 2. The van der Waals surface area contributed by atoms with Crippen LogP contribution in [0, 0.1) is 0 Å². The molecule has 2 aromatic rings. The van der Waals surface area contributed by atoms with Crippen molar-refractivity contribution < 1.29 is 29.2 Å². The number of aryl methyl sites for hydroxylation is 2. The Morgan fingerprint density at radius 3 is 2.00 bits per heavy atom. The molecule has 2 N–H and O–H groups in total. The molecule has 0 radical (unpaired) electrons. The second kappa shape index (κ2) is 19.4. The van der Waals surface area contributed by atoms with Gasteiger partial charge in [0.15, 0.2) is 11.5 Å². The Hall–Kier alpha value is -2.89. The molecule has 0 heterocycles. The maximum absolute atomic E-state index is 12.8. The first-order chi connectivity index (χ1) is 21.0. The van der Waals surface area contributed by atoms with E-state index in [2.05, 4.69) is 6.92 Å². The lowest BCUT2D eigenvalue weighted by Gasteiger charge is -2.18. The molecule has 2 aromatic carbocycles. The summed E-state index contributed by atoms with van der Waals surface area (Å²) >= 11 is 0. The Kier molecular flexibility index (Phi) is 15.6. The quantitative estimate of drug-likeness (QED) is 0.140. The van der Waals surface area contributed by atoms with E-state index in [4.69, 9.17) is 14.2 Å². The number of phenols is 2. The Morgan fingerprint density at radius 2 is 1.37 bits per heavy atom. The van der Waals surface area contributed by atoms with Gasteiger partial charge in [0.1, 0.15) is 11.9 Å². The monoisotopic (exact) mass is 596 g/mol. The van der Waals surface area contributed by atoms with Crippen LogP contribution in [-0.4, -0.2) is 36.5 Å². The highest BCUT2D eigenvalue weighted by atomic mass is 16.5. The molecule has 240 valence electrons. The maximum atomic E-state index is 12.8. The minimum Gasteiger partial charge on any atom is -0.507 e. The highest BCUT2D eigenvalue weighted by molar-refractivity contribution is 5.81. The van der Waals surface area contributed by atoms with Gasteiger partial charge in [-0.15, -0.1) is 0 Å². The van der Waals surface area contributed by atoms with E-state index in [1.165, 1.54) is 84.8 Å². The summed E-state index contributed by atoms with van der Waals surface area (Å²) in [6.07, 6.45) is 21.6. The highest BCUT2D eigenvalue weighted by Crippen LogP contribution is 2.48. The van der Waals surface area contributed by atoms with Crippen LogP contribution >= 0.6 is 0 Å². The zero-order valence-electron chi connectivity index (χ0n) is 27.1. The van der Waals surface area contributed by atoms with Gasteiger partial charge < -0.3 is 24.4 Å². The van der Waals surface area contributed by atoms with Gasteiger partial charge in [-0.25, -0.2) is 0 Å². The van der Waals surface area contributed by atoms with Crippen LogP contribution in [-0.2, 0) is 22.4 Å². The molecule has 0 unspecified atom stereocenters. The molecule has 0 amide bonds. The summed E-state index contributed by atoms with van der Waals surface area (Å²) in [5.41, 5.74) is 3.10. The molecular weight excluding hydrogens is 540 g/mol. The zero-order valence-corrected chi connectivity index (χ0v) is 27.1. The zero-order chi connectivity index (χ0) is 30.9. The summed E-state index contributed by atoms with van der Waals surface area (Å²) in [4.78, 5) is 12.8. The summed E-state index contributed by atoms with van der Waals surface area (Å²) in [5.74, 6) is 0.772. The Labute approximate surface area is 260 Å². The van der Waals surface area contributed by atoms with Gasteiger partial charge in [0.05, 0.1) is 14.2 Å². The van der Waals surface area contributed by atoms with Gasteiger partial charge >= 0.3 is 5.97 Å². The summed E-state index contributed by atoms with van der Waals surface area (Å²) in [6.45, 7) is 2.27.